The Bertz CT molecular complexity index is 328. The van der Waals surface area contributed by atoms with E-state index >= 15 is 0 Å². The Balaban J connectivity index is 1.83. The Labute approximate surface area is 86.7 Å². The van der Waals surface area contributed by atoms with Crippen LogP contribution in [0.4, 0.5) is 0 Å². The topological polar surface area (TPSA) is 0 Å². The Kier molecular flexibility index (Phi) is 2.72. The third kappa shape index (κ3) is 2.25. The van der Waals surface area contributed by atoms with Crippen LogP contribution >= 0.6 is 0 Å². The lowest BCUT2D eigenvalue weighted by atomic mass is 10.1. The van der Waals surface area contributed by atoms with E-state index in [-0.39, 0.29) is 0 Å². The number of aryl methyl sites for hydroxylation is 1. The largest absolute Gasteiger partial charge is 0.0769 e. The normalized spacial score (nSPS) is 19.6. The lowest BCUT2D eigenvalue weighted by molar-refractivity contribution is 0.746. The third-order valence-corrected chi connectivity index (χ3v) is 3.07. The lowest BCUT2D eigenvalue weighted by Gasteiger charge is -1.98. The summed E-state index contributed by atoms with van der Waals surface area (Å²) in [5.41, 5.74) is 4.73. The first-order valence-electron chi connectivity index (χ1n) is 5.47. The molecule has 0 heterocycles. The molecule has 1 fully saturated rings. The summed E-state index contributed by atoms with van der Waals surface area (Å²) in [5.74, 6) is 0.903. The molecular formula is C14H18. The van der Waals surface area contributed by atoms with E-state index in [1.54, 1.807) is 11.1 Å². The van der Waals surface area contributed by atoms with Gasteiger partial charge in [-0.3, -0.25) is 0 Å². The first-order valence-corrected chi connectivity index (χ1v) is 5.47. The summed E-state index contributed by atoms with van der Waals surface area (Å²) in [6.45, 7) is 4.47. The molecule has 1 aliphatic rings. The molecule has 0 radical (unpaired) electrons. The zero-order chi connectivity index (χ0) is 9.97. The lowest BCUT2D eigenvalue weighted by Crippen LogP contribution is -1.86. The number of hydrogen-bond donors (Lipinski definition) is 0. The molecule has 1 unspecified atom stereocenters. The van der Waals surface area contributed by atoms with Gasteiger partial charge in [-0.1, -0.05) is 41.5 Å². The molecule has 74 valence electrons. The van der Waals surface area contributed by atoms with Crippen molar-refractivity contribution in [3.63, 3.8) is 0 Å². The highest BCUT2D eigenvalue weighted by molar-refractivity contribution is 5.28. The quantitative estimate of drug-likeness (QED) is 0.626. The van der Waals surface area contributed by atoms with Gasteiger partial charge in [0.25, 0.3) is 0 Å². The maximum Gasteiger partial charge on any atom is -0.0160 e. The van der Waals surface area contributed by atoms with Crippen molar-refractivity contribution in [2.45, 2.75) is 33.1 Å². The molecule has 0 saturated heterocycles. The minimum Gasteiger partial charge on any atom is -0.0769 e. The van der Waals surface area contributed by atoms with Gasteiger partial charge in [-0.2, -0.15) is 0 Å². The monoisotopic (exact) mass is 186 g/mol. The molecule has 0 nitrogen and oxygen atoms in total. The molecule has 0 bridgehead atoms. The second-order valence-electron chi connectivity index (χ2n) is 4.45. The first-order chi connectivity index (χ1) is 6.77. The zero-order valence-electron chi connectivity index (χ0n) is 9.09. The fourth-order valence-electron chi connectivity index (χ4n) is 2.08. The van der Waals surface area contributed by atoms with E-state index in [0.29, 0.717) is 0 Å². The van der Waals surface area contributed by atoms with Gasteiger partial charge in [-0.05, 0) is 44.6 Å². The molecular weight excluding hydrogens is 168 g/mol. The van der Waals surface area contributed by atoms with Crippen molar-refractivity contribution in [2.24, 2.45) is 5.92 Å². The van der Waals surface area contributed by atoms with Crippen molar-refractivity contribution in [3.05, 3.63) is 47.0 Å². The van der Waals surface area contributed by atoms with Crippen LogP contribution in [0, 0.1) is 5.92 Å². The van der Waals surface area contributed by atoms with Gasteiger partial charge < -0.3 is 0 Å². The van der Waals surface area contributed by atoms with Crippen LogP contribution in [0.5, 0.6) is 0 Å². The summed E-state index contributed by atoms with van der Waals surface area (Å²) in [6, 6.07) is 10.8. The average molecular weight is 186 g/mol. The van der Waals surface area contributed by atoms with E-state index < -0.39 is 0 Å². The molecule has 14 heavy (non-hydrogen) atoms. The van der Waals surface area contributed by atoms with Gasteiger partial charge in [0.05, 0.1) is 0 Å². The summed E-state index contributed by atoms with van der Waals surface area (Å²) >= 11 is 0. The summed E-state index contributed by atoms with van der Waals surface area (Å²) in [7, 11) is 0. The van der Waals surface area contributed by atoms with E-state index in [9.17, 15) is 0 Å². The van der Waals surface area contributed by atoms with Gasteiger partial charge in [-0.25, -0.2) is 0 Å². The van der Waals surface area contributed by atoms with Gasteiger partial charge >= 0.3 is 0 Å². The van der Waals surface area contributed by atoms with E-state index in [2.05, 4.69) is 44.2 Å². The van der Waals surface area contributed by atoms with Crippen molar-refractivity contribution < 1.29 is 0 Å². The second kappa shape index (κ2) is 4.00. The molecule has 2 rings (SSSR count). The highest BCUT2D eigenvalue weighted by Crippen LogP contribution is 2.43. The maximum absolute atomic E-state index is 2.23. The molecule has 1 aromatic carbocycles. The molecule has 0 spiro atoms. The molecule has 0 aliphatic heterocycles. The molecule has 0 aromatic heterocycles. The fourth-order valence-corrected chi connectivity index (χ4v) is 2.08. The highest BCUT2D eigenvalue weighted by Gasteiger charge is 2.29. The Morgan fingerprint density at radius 3 is 2.50 bits per heavy atom. The Morgan fingerprint density at radius 2 is 1.93 bits per heavy atom. The summed E-state index contributed by atoms with van der Waals surface area (Å²) in [5, 5.41) is 0. The molecule has 1 aliphatic carbocycles. The number of hydrogen-bond acceptors (Lipinski definition) is 0. The number of rotatable bonds is 3. The maximum atomic E-state index is 2.23. The highest BCUT2D eigenvalue weighted by atomic mass is 14.3. The Hall–Kier alpha value is -1.04. The molecule has 0 N–H and O–H groups in total. The van der Waals surface area contributed by atoms with Crippen molar-refractivity contribution >= 4 is 0 Å². The van der Waals surface area contributed by atoms with Crippen LogP contribution in [0.2, 0.25) is 0 Å². The number of allylic oxidation sites excluding steroid dienone is 2. The Morgan fingerprint density at radius 1 is 1.21 bits per heavy atom. The average Bonchev–Trinajstić information content (AvgIpc) is 2.96. The van der Waals surface area contributed by atoms with Crippen LogP contribution < -0.4 is 0 Å². The smallest absolute Gasteiger partial charge is 0.0160 e. The van der Waals surface area contributed by atoms with E-state index in [4.69, 9.17) is 0 Å². The standard InChI is InChI=1S/C14H18/c1-11(2)14-10-13(14)9-8-12-6-4-3-5-7-12/h3-7,13H,8-10H2,1-2H3. The number of benzene rings is 1. The van der Waals surface area contributed by atoms with E-state index in [1.165, 1.54) is 24.8 Å². The van der Waals surface area contributed by atoms with Gasteiger partial charge in [0.15, 0.2) is 0 Å². The molecule has 0 heteroatoms. The van der Waals surface area contributed by atoms with Gasteiger partial charge in [0.1, 0.15) is 0 Å². The minimum absolute atomic E-state index is 0.903. The second-order valence-corrected chi connectivity index (χ2v) is 4.45. The minimum atomic E-state index is 0.903. The van der Waals surface area contributed by atoms with Crippen LogP contribution in [-0.2, 0) is 6.42 Å². The molecule has 0 amide bonds. The van der Waals surface area contributed by atoms with Gasteiger partial charge in [0.2, 0.25) is 0 Å². The van der Waals surface area contributed by atoms with E-state index in [0.717, 1.165) is 5.92 Å². The fraction of sp³-hybridized carbons (Fsp3) is 0.429. The molecule has 1 aromatic rings. The van der Waals surface area contributed by atoms with Crippen LogP contribution in [-0.4, -0.2) is 0 Å². The van der Waals surface area contributed by atoms with Crippen molar-refractivity contribution in [2.75, 3.05) is 0 Å². The van der Waals surface area contributed by atoms with Crippen LogP contribution in [0.3, 0.4) is 0 Å². The van der Waals surface area contributed by atoms with Crippen molar-refractivity contribution in [3.8, 4) is 0 Å². The van der Waals surface area contributed by atoms with Crippen molar-refractivity contribution in [1.82, 2.24) is 0 Å². The van der Waals surface area contributed by atoms with E-state index in [1.807, 2.05) is 0 Å². The van der Waals surface area contributed by atoms with Gasteiger partial charge in [-0.15, -0.1) is 0 Å². The zero-order valence-corrected chi connectivity index (χ0v) is 9.09. The SMILES string of the molecule is CC(C)=C1CC1CCc1ccccc1. The third-order valence-electron chi connectivity index (χ3n) is 3.07. The van der Waals surface area contributed by atoms with Crippen molar-refractivity contribution in [1.29, 1.82) is 0 Å². The van der Waals surface area contributed by atoms with Crippen LogP contribution in [0.25, 0.3) is 0 Å². The van der Waals surface area contributed by atoms with Crippen LogP contribution in [0.15, 0.2) is 41.5 Å². The molecule has 1 saturated carbocycles. The summed E-state index contributed by atoms with van der Waals surface area (Å²) in [6.07, 6.45) is 3.93. The predicted octanol–water partition coefficient (Wildman–Crippen LogP) is 3.98. The summed E-state index contributed by atoms with van der Waals surface area (Å²) < 4.78 is 0. The summed E-state index contributed by atoms with van der Waals surface area (Å²) in [4.78, 5) is 0. The van der Waals surface area contributed by atoms with Gasteiger partial charge in [0, 0.05) is 0 Å². The molecule has 1 atom stereocenters. The first kappa shape index (κ1) is 9.51. The predicted molar refractivity (Wildman–Crippen MR) is 61.2 cm³/mol. The van der Waals surface area contributed by atoms with Crippen LogP contribution in [0.1, 0.15) is 32.3 Å².